The number of methoxy groups -OCH3 is 2. The van der Waals surface area contributed by atoms with Crippen molar-refractivity contribution in [1.29, 1.82) is 0 Å². The molecule has 1 saturated heterocycles. The summed E-state index contributed by atoms with van der Waals surface area (Å²) in [5.41, 5.74) is 2.08. The Kier molecular flexibility index (Phi) is 10.4. The second-order valence-electron chi connectivity index (χ2n) is 8.95. The van der Waals surface area contributed by atoms with Gasteiger partial charge in [0.05, 0.1) is 27.4 Å². The molecule has 1 heterocycles. The van der Waals surface area contributed by atoms with Gasteiger partial charge in [-0.2, -0.15) is 0 Å². The zero-order chi connectivity index (χ0) is 27.1. The summed E-state index contributed by atoms with van der Waals surface area (Å²) in [6.45, 7) is -0.935. The summed E-state index contributed by atoms with van der Waals surface area (Å²) in [7, 11) is 2.86. The van der Waals surface area contributed by atoms with Crippen LogP contribution in [0, 0.1) is 0 Å². The molecule has 1 unspecified atom stereocenters. The number of hydrogen-bond acceptors (Lipinski definition) is 11. The van der Waals surface area contributed by atoms with E-state index in [0.29, 0.717) is 24.8 Å². The third-order valence-corrected chi connectivity index (χ3v) is 6.46. The number of rotatable bonds is 12. The van der Waals surface area contributed by atoms with Crippen LogP contribution in [0.15, 0.2) is 30.3 Å². The minimum atomic E-state index is -1.64. The standard InChI is InChI=1S/C26H36O11/c1-34-19-10-15(5-6-18(19)30)8-16(12-28)17-9-14(4-3-7-27)11-20(35-2)25(17)37-26-24(33)23(32)22(31)21(13-29)36-26/h5-6,9-11,16,21-24,26-33H,3-4,7-8,12-13H2,1-2H3/t16?,21-,22-,23+,24-,26+/m1/s1. The van der Waals surface area contributed by atoms with E-state index in [-0.39, 0.29) is 36.2 Å². The van der Waals surface area contributed by atoms with Crippen molar-refractivity contribution in [3.8, 4) is 23.0 Å². The molecule has 0 aliphatic carbocycles. The maximum atomic E-state index is 10.5. The number of ether oxygens (including phenoxy) is 4. The summed E-state index contributed by atoms with van der Waals surface area (Å²) in [4.78, 5) is 0. The van der Waals surface area contributed by atoms with Gasteiger partial charge in [-0.25, -0.2) is 0 Å². The molecular formula is C26H36O11. The summed E-state index contributed by atoms with van der Waals surface area (Å²) >= 11 is 0. The minimum absolute atomic E-state index is 0.0164. The van der Waals surface area contributed by atoms with E-state index in [1.807, 2.05) is 0 Å². The molecular weight excluding hydrogens is 488 g/mol. The van der Waals surface area contributed by atoms with Crippen molar-refractivity contribution in [2.45, 2.75) is 55.9 Å². The van der Waals surface area contributed by atoms with Gasteiger partial charge in [0.2, 0.25) is 6.29 Å². The monoisotopic (exact) mass is 524 g/mol. The molecule has 1 aliphatic heterocycles. The first-order valence-electron chi connectivity index (χ1n) is 12.0. The molecule has 6 atom stereocenters. The third-order valence-electron chi connectivity index (χ3n) is 6.46. The Morgan fingerprint density at radius 1 is 0.892 bits per heavy atom. The average Bonchev–Trinajstić information content (AvgIpc) is 2.91. The van der Waals surface area contributed by atoms with Gasteiger partial charge in [0.25, 0.3) is 0 Å². The number of benzene rings is 2. The molecule has 0 bridgehead atoms. The number of phenols is 1. The van der Waals surface area contributed by atoms with Gasteiger partial charge in [-0.1, -0.05) is 12.1 Å². The van der Waals surface area contributed by atoms with E-state index >= 15 is 0 Å². The summed E-state index contributed by atoms with van der Waals surface area (Å²) in [5.74, 6) is 0.123. The smallest absolute Gasteiger partial charge is 0.229 e. The van der Waals surface area contributed by atoms with Crippen LogP contribution < -0.4 is 14.2 Å². The zero-order valence-corrected chi connectivity index (χ0v) is 20.9. The van der Waals surface area contributed by atoms with Gasteiger partial charge in [0.1, 0.15) is 24.4 Å². The molecule has 3 rings (SSSR count). The van der Waals surface area contributed by atoms with Crippen molar-refractivity contribution in [3.63, 3.8) is 0 Å². The zero-order valence-electron chi connectivity index (χ0n) is 20.9. The van der Waals surface area contributed by atoms with Gasteiger partial charge < -0.3 is 54.7 Å². The molecule has 0 spiro atoms. The van der Waals surface area contributed by atoms with Gasteiger partial charge >= 0.3 is 0 Å². The van der Waals surface area contributed by atoms with E-state index in [1.54, 1.807) is 24.3 Å². The molecule has 1 fully saturated rings. The molecule has 37 heavy (non-hydrogen) atoms. The van der Waals surface area contributed by atoms with E-state index in [0.717, 1.165) is 11.1 Å². The summed E-state index contributed by atoms with van der Waals surface area (Å²) in [6, 6.07) is 8.35. The fourth-order valence-corrected chi connectivity index (χ4v) is 4.38. The second kappa shape index (κ2) is 13.2. The highest BCUT2D eigenvalue weighted by Crippen LogP contribution is 2.41. The van der Waals surface area contributed by atoms with Crippen molar-refractivity contribution in [3.05, 3.63) is 47.0 Å². The number of hydrogen-bond donors (Lipinski definition) is 7. The Hall–Kier alpha value is -2.64. The van der Waals surface area contributed by atoms with Crippen molar-refractivity contribution in [2.75, 3.05) is 34.0 Å². The van der Waals surface area contributed by atoms with Crippen LogP contribution in [-0.2, 0) is 17.6 Å². The average molecular weight is 525 g/mol. The van der Waals surface area contributed by atoms with Gasteiger partial charge in [-0.3, -0.25) is 0 Å². The molecule has 11 heteroatoms. The van der Waals surface area contributed by atoms with Crippen LogP contribution >= 0.6 is 0 Å². The molecule has 2 aromatic carbocycles. The first-order chi connectivity index (χ1) is 17.8. The Balaban J connectivity index is 2.04. The molecule has 2 aromatic rings. The minimum Gasteiger partial charge on any atom is -0.504 e. The molecule has 0 aromatic heterocycles. The highest BCUT2D eigenvalue weighted by atomic mass is 16.7. The number of aromatic hydroxyl groups is 1. The molecule has 0 radical (unpaired) electrons. The number of aliphatic hydroxyl groups is 6. The number of aliphatic hydroxyl groups excluding tert-OH is 6. The Labute approximate surface area is 215 Å². The maximum Gasteiger partial charge on any atom is 0.229 e. The predicted octanol–water partition coefficient (Wildman–Crippen LogP) is -0.168. The summed E-state index contributed by atoms with van der Waals surface area (Å²) < 4.78 is 22.3. The van der Waals surface area contributed by atoms with Crippen LogP contribution in [-0.4, -0.2) is 100 Å². The topological polar surface area (TPSA) is 179 Å². The first-order valence-corrected chi connectivity index (χ1v) is 12.0. The lowest BCUT2D eigenvalue weighted by atomic mass is 9.89. The van der Waals surface area contributed by atoms with E-state index < -0.39 is 43.2 Å². The largest absolute Gasteiger partial charge is 0.504 e. The Bertz CT molecular complexity index is 1010. The number of aryl methyl sites for hydroxylation is 1. The van der Waals surface area contributed by atoms with Crippen LogP contribution in [0.25, 0.3) is 0 Å². The molecule has 1 aliphatic rings. The normalized spacial score (nSPS) is 24.5. The van der Waals surface area contributed by atoms with Gasteiger partial charge in [-0.05, 0) is 48.6 Å². The quantitative estimate of drug-likeness (QED) is 0.196. The van der Waals surface area contributed by atoms with Crippen LogP contribution in [0.3, 0.4) is 0 Å². The molecule has 7 N–H and O–H groups in total. The van der Waals surface area contributed by atoms with E-state index in [9.17, 15) is 35.7 Å². The van der Waals surface area contributed by atoms with Crippen molar-refractivity contribution >= 4 is 0 Å². The van der Waals surface area contributed by atoms with E-state index in [4.69, 9.17) is 18.9 Å². The fourth-order valence-electron chi connectivity index (χ4n) is 4.38. The van der Waals surface area contributed by atoms with E-state index in [2.05, 4.69) is 0 Å². The fraction of sp³-hybridized carbons (Fsp3) is 0.538. The molecule has 0 saturated carbocycles. The maximum absolute atomic E-state index is 10.5. The highest BCUT2D eigenvalue weighted by Gasteiger charge is 2.45. The summed E-state index contributed by atoms with van der Waals surface area (Å²) in [5, 5.41) is 70.0. The van der Waals surface area contributed by atoms with Crippen molar-refractivity contribution < 1.29 is 54.7 Å². The first kappa shape index (κ1) is 28.9. The predicted molar refractivity (Wildman–Crippen MR) is 131 cm³/mol. The molecule has 206 valence electrons. The summed E-state index contributed by atoms with van der Waals surface area (Å²) in [6.07, 6.45) is -6.12. The van der Waals surface area contributed by atoms with Crippen LogP contribution in [0.4, 0.5) is 0 Å². The van der Waals surface area contributed by atoms with Gasteiger partial charge in [-0.15, -0.1) is 0 Å². The Morgan fingerprint density at radius 2 is 1.59 bits per heavy atom. The van der Waals surface area contributed by atoms with Gasteiger partial charge in [0, 0.05) is 18.1 Å². The number of phenolic OH excluding ortho intramolecular Hbond substituents is 1. The Morgan fingerprint density at radius 3 is 2.22 bits per heavy atom. The van der Waals surface area contributed by atoms with Gasteiger partial charge in [0.15, 0.2) is 23.0 Å². The highest BCUT2D eigenvalue weighted by molar-refractivity contribution is 5.52. The van der Waals surface area contributed by atoms with Crippen molar-refractivity contribution in [2.24, 2.45) is 0 Å². The lowest BCUT2D eigenvalue weighted by molar-refractivity contribution is -0.277. The lowest BCUT2D eigenvalue weighted by Crippen LogP contribution is -2.60. The van der Waals surface area contributed by atoms with Crippen LogP contribution in [0.1, 0.15) is 29.0 Å². The van der Waals surface area contributed by atoms with E-state index in [1.165, 1.54) is 20.3 Å². The molecule has 0 amide bonds. The van der Waals surface area contributed by atoms with Crippen LogP contribution in [0.2, 0.25) is 0 Å². The second-order valence-corrected chi connectivity index (χ2v) is 8.95. The lowest BCUT2D eigenvalue weighted by Gasteiger charge is -2.40. The van der Waals surface area contributed by atoms with Crippen molar-refractivity contribution in [1.82, 2.24) is 0 Å². The third kappa shape index (κ3) is 6.63. The van der Waals surface area contributed by atoms with Crippen LogP contribution in [0.5, 0.6) is 23.0 Å². The SMILES string of the molecule is COc1cc(CC(CO)c2cc(CCCO)cc(OC)c2O[C@@H]2O[C@H](CO)[C@@H](O)[C@H](O)[C@H]2O)ccc1O. The molecule has 11 nitrogen and oxygen atoms in total.